The van der Waals surface area contributed by atoms with Crippen molar-refractivity contribution in [1.82, 2.24) is 0 Å². The zero-order valence-electron chi connectivity index (χ0n) is 17.3. The lowest BCUT2D eigenvalue weighted by Gasteiger charge is -2.29. The number of halogens is 1. The standard InChI is InChI=1S/C24H24BrN3O2/c1-15-21-19(28-27-16-9-5-4-6-10-16)13-24(2,3)14-20(21)30-22(15)23(29)26-18-12-8-7-11-17(18)25/h4-12,27H,13-14H2,1-3H3,(H,26,29)/b28-19-. The number of hydrazone groups is 1. The molecule has 1 heterocycles. The fourth-order valence-electron chi connectivity index (χ4n) is 3.81. The van der Waals surface area contributed by atoms with Crippen molar-refractivity contribution in [2.45, 2.75) is 33.6 Å². The van der Waals surface area contributed by atoms with Gasteiger partial charge in [0.15, 0.2) is 5.76 Å². The molecule has 0 unspecified atom stereocenters. The smallest absolute Gasteiger partial charge is 0.291 e. The summed E-state index contributed by atoms with van der Waals surface area (Å²) in [5, 5.41) is 7.62. The molecular weight excluding hydrogens is 442 g/mol. The number of fused-ring (bicyclic) bond motifs is 1. The minimum atomic E-state index is -0.262. The lowest BCUT2D eigenvalue weighted by Crippen LogP contribution is -2.27. The molecule has 0 saturated heterocycles. The Morgan fingerprint density at radius 2 is 1.77 bits per heavy atom. The minimum Gasteiger partial charge on any atom is -0.455 e. The second-order valence-corrected chi connectivity index (χ2v) is 9.20. The zero-order chi connectivity index (χ0) is 21.3. The van der Waals surface area contributed by atoms with Gasteiger partial charge in [0.25, 0.3) is 5.91 Å². The largest absolute Gasteiger partial charge is 0.455 e. The molecule has 30 heavy (non-hydrogen) atoms. The van der Waals surface area contributed by atoms with Crippen LogP contribution >= 0.6 is 15.9 Å². The molecule has 0 bridgehead atoms. The van der Waals surface area contributed by atoms with Crippen LogP contribution in [0.1, 0.15) is 47.7 Å². The highest BCUT2D eigenvalue weighted by molar-refractivity contribution is 9.10. The van der Waals surface area contributed by atoms with Crippen LogP contribution in [0.15, 0.2) is 68.6 Å². The summed E-state index contributed by atoms with van der Waals surface area (Å²) in [6, 6.07) is 17.4. The van der Waals surface area contributed by atoms with E-state index in [-0.39, 0.29) is 11.3 Å². The first-order chi connectivity index (χ1) is 14.3. The van der Waals surface area contributed by atoms with Crippen LogP contribution in [0.5, 0.6) is 0 Å². The summed E-state index contributed by atoms with van der Waals surface area (Å²) in [5.74, 6) is 0.887. The van der Waals surface area contributed by atoms with Crippen molar-refractivity contribution in [3.8, 4) is 0 Å². The summed E-state index contributed by atoms with van der Waals surface area (Å²) in [6.07, 6.45) is 1.56. The van der Waals surface area contributed by atoms with E-state index in [1.54, 1.807) is 0 Å². The van der Waals surface area contributed by atoms with Crippen molar-refractivity contribution in [2.24, 2.45) is 10.5 Å². The molecule has 0 fully saturated rings. The van der Waals surface area contributed by atoms with Gasteiger partial charge >= 0.3 is 0 Å². The number of carbonyl (C=O) groups excluding carboxylic acids is 1. The van der Waals surface area contributed by atoms with E-state index in [4.69, 9.17) is 4.42 Å². The molecule has 0 aliphatic heterocycles. The van der Waals surface area contributed by atoms with Gasteiger partial charge in [0.2, 0.25) is 0 Å². The first-order valence-electron chi connectivity index (χ1n) is 9.90. The van der Waals surface area contributed by atoms with Gasteiger partial charge in [0.1, 0.15) is 5.76 Å². The van der Waals surface area contributed by atoms with E-state index in [1.807, 2.05) is 61.5 Å². The number of amides is 1. The predicted octanol–water partition coefficient (Wildman–Crippen LogP) is 6.39. The number of anilines is 2. The van der Waals surface area contributed by atoms with E-state index in [9.17, 15) is 4.79 Å². The van der Waals surface area contributed by atoms with Crippen LogP contribution in [0.3, 0.4) is 0 Å². The highest BCUT2D eigenvalue weighted by Crippen LogP contribution is 2.39. The van der Waals surface area contributed by atoms with Crippen LogP contribution in [0.4, 0.5) is 11.4 Å². The van der Waals surface area contributed by atoms with Gasteiger partial charge in [-0.15, -0.1) is 0 Å². The van der Waals surface area contributed by atoms with Gasteiger partial charge in [0.05, 0.1) is 17.1 Å². The molecule has 0 radical (unpaired) electrons. The number of rotatable bonds is 4. The van der Waals surface area contributed by atoms with E-state index in [2.05, 4.69) is 45.6 Å². The van der Waals surface area contributed by atoms with Gasteiger partial charge in [-0.05, 0) is 59.0 Å². The summed E-state index contributed by atoms with van der Waals surface area (Å²) in [4.78, 5) is 13.0. The molecule has 2 aromatic carbocycles. The van der Waals surface area contributed by atoms with Crippen molar-refractivity contribution in [3.05, 3.63) is 81.7 Å². The average Bonchev–Trinajstić information content (AvgIpc) is 3.04. The second kappa shape index (κ2) is 8.11. The van der Waals surface area contributed by atoms with Crippen LogP contribution in [-0.2, 0) is 6.42 Å². The number of nitrogens with one attached hydrogen (secondary N) is 2. The monoisotopic (exact) mass is 465 g/mol. The lowest BCUT2D eigenvalue weighted by atomic mass is 9.75. The first-order valence-corrected chi connectivity index (χ1v) is 10.7. The van der Waals surface area contributed by atoms with Crippen molar-refractivity contribution in [1.29, 1.82) is 0 Å². The molecule has 0 spiro atoms. The maximum absolute atomic E-state index is 13.0. The average molecular weight is 466 g/mol. The van der Waals surface area contributed by atoms with Crippen LogP contribution in [0, 0.1) is 12.3 Å². The molecule has 0 saturated carbocycles. The van der Waals surface area contributed by atoms with Crippen molar-refractivity contribution >= 4 is 38.9 Å². The predicted molar refractivity (Wildman–Crippen MR) is 124 cm³/mol. The molecule has 2 N–H and O–H groups in total. The van der Waals surface area contributed by atoms with E-state index < -0.39 is 0 Å². The summed E-state index contributed by atoms with van der Waals surface area (Å²) in [6.45, 7) is 6.30. The maximum atomic E-state index is 13.0. The number of hydrogen-bond acceptors (Lipinski definition) is 4. The number of carbonyl (C=O) groups is 1. The number of benzene rings is 2. The van der Waals surface area contributed by atoms with Crippen molar-refractivity contribution in [2.75, 3.05) is 10.7 Å². The van der Waals surface area contributed by atoms with Crippen LogP contribution in [0.25, 0.3) is 0 Å². The quantitative estimate of drug-likeness (QED) is 0.438. The van der Waals surface area contributed by atoms with E-state index in [0.717, 1.165) is 45.6 Å². The lowest BCUT2D eigenvalue weighted by molar-refractivity contribution is 0.0993. The van der Waals surface area contributed by atoms with Gasteiger partial charge in [-0.25, -0.2) is 0 Å². The Morgan fingerprint density at radius 1 is 1.07 bits per heavy atom. The second-order valence-electron chi connectivity index (χ2n) is 8.34. The highest BCUT2D eigenvalue weighted by Gasteiger charge is 2.36. The van der Waals surface area contributed by atoms with Crippen LogP contribution in [0.2, 0.25) is 0 Å². The van der Waals surface area contributed by atoms with Gasteiger partial charge in [-0.1, -0.05) is 44.2 Å². The van der Waals surface area contributed by atoms with Crippen molar-refractivity contribution in [3.63, 3.8) is 0 Å². The minimum absolute atomic E-state index is 0.00923. The number of hydrogen-bond donors (Lipinski definition) is 2. The third-order valence-electron chi connectivity index (χ3n) is 5.22. The molecule has 1 aromatic heterocycles. The van der Waals surface area contributed by atoms with Gasteiger partial charge < -0.3 is 9.73 Å². The fourth-order valence-corrected chi connectivity index (χ4v) is 4.20. The maximum Gasteiger partial charge on any atom is 0.291 e. The number of nitrogens with zero attached hydrogens (tertiary/aromatic N) is 1. The molecule has 1 aliphatic carbocycles. The van der Waals surface area contributed by atoms with E-state index in [1.165, 1.54) is 0 Å². The Labute approximate surface area is 184 Å². The molecule has 1 aliphatic rings. The highest BCUT2D eigenvalue weighted by atomic mass is 79.9. The summed E-state index contributed by atoms with van der Waals surface area (Å²) in [7, 11) is 0. The molecule has 0 atom stereocenters. The molecule has 6 heteroatoms. The Bertz CT molecular complexity index is 1120. The Hall–Kier alpha value is -2.86. The van der Waals surface area contributed by atoms with E-state index >= 15 is 0 Å². The topological polar surface area (TPSA) is 66.6 Å². The van der Waals surface area contributed by atoms with Gasteiger partial charge in [-0.3, -0.25) is 10.2 Å². The van der Waals surface area contributed by atoms with Gasteiger partial charge in [-0.2, -0.15) is 5.10 Å². The Kier molecular flexibility index (Phi) is 5.52. The summed E-state index contributed by atoms with van der Waals surface area (Å²) >= 11 is 3.47. The number of para-hydroxylation sites is 2. The molecule has 5 nitrogen and oxygen atoms in total. The molecular formula is C24H24BrN3O2. The van der Waals surface area contributed by atoms with Crippen molar-refractivity contribution < 1.29 is 9.21 Å². The molecule has 154 valence electrons. The molecule has 4 rings (SSSR count). The van der Waals surface area contributed by atoms with Crippen LogP contribution < -0.4 is 10.7 Å². The fraction of sp³-hybridized carbons (Fsp3) is 0.250. The van der Waals surface area contributed by atoms with Gasteiger partial charge in [0, 0.05) is 22.0 Å². The summed E-state index contributed by atoms with van der Waals surface area (Å²) in [5.41, 5.74) is 7.43. The normalized spacial score (nSPS) is 16.2. The summed E-state index contributed by atoms with van der Waals surface area (Å²) < 4.78 is 6.91. The third kappa shape index (κ3) is 4.19. The first kappa shape index (κ1) is 20.4. The molecule has 3 aromatic rings. The molecule has 1 amide bonds. The zero-order valence-corrected chi connectivity index (χ0v) is 18.8. The third-order valence-corrected chi connectivity index (χ3v) is 5.91. The SMILES string of the molecule is Cc1c(C(=O)Nc2ccccc2Br)oc2c1/C(=N\Nc1ccccc1)CC(C)(C)C2. The Balaban J connectivity index is 1.68. The van der Waals surface area contributed by atoms with Crippen LogP contribution in [-0.4, -0.2) is 11.6 Å². The number of furan rings is 1. The Morgan fingerprint density at radius 3 is 2.50 bits per heavy atom. The van der Waals surface area contributed by atoms with E-state index in [0.29, 0.717) is 11.4 Å².